The highest BCUT2D eigenvalue weighted by Gasteiger charge is 2.42. The van der Waals surface area contributed by atoms with Crippen molar-refractivity contribution in [3.8, 4) is 6.07 Å². The van der Waals surface area contributed by atoms with E-state index in [9.17, 15) is 4.79 Å². The van der Waals surface area contributed by atoms with E-state index in [1.165, 1.54) is 13.4 Å². The fraction of sp³-hybridized carbons (Fsp3) is 0.667. The summed E-state index contributed by atoms with van der Waals surface area (Å²) < 4.78 is 22.8. The Morgan fingerprint density at radius 2 is 2.15 bits per heavy atom. The molecule has 0 amide bonds. The molecule has 11 nitrogen and oxygen atoms in total. The number of fused-ring (bicyclic) bond motifs is 1. The quantitative estimate of drug-likeness (QED) is 0.194. The lowest BCUT2D eigenvalue weighted by Crippen LogP contribution is -2.35. The summed E-state index contributed by atoms with van der Waals surface area (Å²) in [5.74, 6) is 0. The molecule has 2 aromatic heterocycles. The summed E-state index contributed by atoms with van der Waals surface area (Å²) in [4.78, 5) is 29.1. The number of aromatic nitrogens is 3. The molecule has 1 aliphatic rings. The minimum absolute atomic E-state index is 0.142. The number of rotatable bonds is 12. The van der Waals surface area contributed by atoms with Crippen molar-refractivity contribution in [2.24, 2.45) is 0 Å². The van der Waals surface area contributed by atoms with Crippen LogP contribution < -0.4 is 5.56 Å². The molecule has 2 aromatic rings. The van der Waals surface area contributed by atoms with Gasteiger partial charge >= 0.3 is 0 Å². The van der Waals surface area contributed by atoms with E-state index in [-0.39, 0.29) is 53.8 Å². The highest BCUT2D eigenvalue weighted by Crippen LogP contribution is 2.50. The summed E-state index contributed by atoms with van der Waals surface area (Å²) >= 11 is 6.37. The zero-order valence-electron chi connectivity index (χ0n) is 19.9. The fourth-order valence-corrected chi connectivity index (χ4v) is 5.96. The molecule has 1 saturated heterocycles. The average molecular weight is 516 g/mol. The van der Waals surface area contributed by atoms with Crippen LogP contribution in [0.2, 0.25) is 5.02 Å². The summed E-state index contributed by atoms with van der Waals surface area (Å²) in [5.41, 5.74) is 0.0522. The van der Waals surface area contributed by atoms with Crippen molar-refractivity contribution in [2.45, 2.75) is 71.1 Å². The Labute approximate surface area is 204 Å². The molecule has 1 N–H and O–H groups in total. The Morgan fingerprint density at radius 1 is 1.41 bits per heavy atom. The summed E-state index contributed by atoms with van der Waals surface area (Å²) in [6.45, 7) is 8.72. The van der Waals surface area contributed by atoms with Crippen LogP contribution in [0.15, 0.2) is 17.3 Å². The molecule has 13 heteroatoms. The maximum Gasteiger partial charge on any atom is 0.261 e. The van der Waals surface area contributed by atoms with Gasteiger partial charge in [0.15, 0.2) is 11.9 Å². The van der Waals surface area contributed by atoms with Crippen LogP contribution >= 0.6 is 20.1 Å². The summed E-state index contributed by atoms with van der Waals surface area (Å²) in [7, 11) is -0.0898. The first kappa shape index (κ1) is 27.0. The third-order valence-electron chi connectivity index (χ3n) is 5.25. The van der Waals surface area contributed by atoms with Crippen LogP contribution in [0.5, 0.6) is 0 Å². The van der Waals surface area contributed by atoms with Crippen LogP contribution in [0.25, 0.3) is 11.0 Å². The number of aromatic amines is 1. The van der Waals surface area contributed by atoms with E-state index in [4.69, 9.17) is 40.4 Å². The zero-order chi connectivity index (χ0) is 24.8. The molecule has 188 valence electrons. The van der Waals surface area contributed by atoms with Crippen LogP contribution in [-0.2, 0) is 23.6 Å². The minimum atomic E-state index is -1.52. The predicted octanol–water partition coefficient (Wildman–Crippen LogP) is 3.90. The van der Waals surface area contributed by atoms with Crippen LogP contribution in [0, 0.1) is 11.3 Å². The lowest BCUT2D eigenvalue weighted by molar-refractivity contribution is -0.286. The molecular weight excluding hydrogens is 485 g/mol. The first-order chi connectivity index (χ1) is 16.3. The van der Waals surface area contributed by atoms with Crippen molar-refractivity contribution >= 4 is 31.2 Å². The van der Waals surface area contributed by atoms with Gasteiger partial charge in [0.1, 0.15) is 18.1 Å². The number of nitrogens with one attached hydrogen (secondary N) is 1. The summed E-state index contributed by atoms with van der Waals surface area (Å²) in [6.07, 6.45) is 2.24. The van der Waals surface area contributed by atoms with E-state index in [0.717, 1.165) is 0 Å². The van der Waals surface area contributed by atoms with Crippen LogP contribution in [0.3, 0.4) is 0 Å². The Bertz CT molecular complexity index is 1030. The van der Waals surface area contributed by atoms with Gasteiger partial charge in [-0.15, -0.1) is 0 Å². The highest BCUT2D eigenvalue weighted by molar-refractivity contribution is 7.44. The fourth-order valence-electron chi connectivity index (χ4n) is 3.96. The standard InChI is InChI=1S/C21H31ClN5O6P/c1-13(2)27(14(3)4)34(31-8-6-7-23)33-17-9-15(11-30-29-5)32-21(17)26-10-16(22)18-19(26)24-12-25-20(18)28/h10,12-15,17,21H,6,8-9,11H2,1-5H3,(H,24,25,28)/t15-,17+,21+,34?/m0/s1. The molecule has 3 heterocycles. The second-order valence-electron chi connectivity index (χ2n) is 8.34. The topological polar surface area (TPSA) is 124 Å². The van der Waals surface area contributed by atoms with E-state index in [1.807, 2.05) is 0 Å². The molecule has 0 aliphatic carbocycles. The molecule has 34 heavy (non-hydrogen) atoms. The van der Waals surface area contributed by atoms with Crippen LogP contribution in [0.4, 0.5) is 0 Å². The van der Waals surface area contributed by atoms with Gasteiger partial charge in [0, 0.05) is 24.7 Å². The molecule has 0 aromatic carbocycles. The molecule has 0 saturated carbocycles. The average Bonchev–Trinajstić information content (AvgIpc) is 3.33. The van der Waals surface area contributed by atoms with Gasteiger partial charge in [0.05, 0.1) is 43.7 Å². The zero-order valence-corrected chi connectivity index (χ0v) is 21.6. The number of H-pyrrole nitrogens is 1. The van der Waals surface area contributed by atoms with Gasteiger partial charge < -0.3 is 23.3 Å². The van der Waals surface area contributed by atoms with E-state index in [1.54, 1.807) is 10.8 Å². The van der Waals surface area contributed by atoms with E-state index < -0.39 is 20.9 Å². The second kappa shape index (κ2) is 12.4. The second-order valence-corrected chi connectivity index (χ2v) is 10.2. The molecule has 4 atom stereocenters. The van der Waals surface area contributed by atoms with Crippen molar-refractivity contribution < 1.29 is 23.6 Å². The van der Waals surface area contributed by atoms with Crippen molar-refractivity contribution in [3.05, 3.63) is 27.9 Å². The van der Waals surface area contributed by atoms with Crippen molar-refractivity contribution in [1.82, 2.24) is 19.2 Å². The smallest absolute Gasteiger partial charge is 0.261 e. The molecular formula is C21H31ClN5O6P. The van der Waals surface area contributed by atoms with Gasteiger partial charge in [0.2, 0.25) is 0 Å². The highest BCUT2D eigenvalue weighted by atomic mass is 35.5. The van der Waals surface area contributed by atoms with Gasteiger partial charge in [-0.2, -0.15) is 5.26 Å². The van der Waals surface area contributed by atoms with E-state index in [0.29, 0.717) is 12.1 Å². The molecule has 1 aliphatic heterocycles. The largest absolute Gasteiger partial charge is 0.349 e. The van der Waals surface area contributed by atoms with Crippen LogP contribution in [0.1, 0.15) is 46.8 Å². The third kappa shape index (κ3) is 6.14. The van der Waals surface area contributed by atoms with Crippen molar-refractivity contribution in [2.75, 3.05) is 20.3 Å². The minimum Gasteiger partial charge on any atom is -0.349 e. The molecule has 3 rings (SSSR count). The summed E-state index contributed by atoms with van der Waals surface area (Å²) in [6, 6.07) is 2.39. The van der Waals surface area contributed by atoms with Crippen molar-refractivity contribution in [3.63, 3.8) is 0 Å². The molecule has 1 unspecified atom stereocenters. The lowest BCUT2D eigenvalue weighted by atomic mass is 10.2. The van der Waals surface area contributed by atoms with Gasteiger partial charge in [-0.1, -0.05) is 11.6 Å². The Balaban J connectivity index is 1.95. The van der Waals surface area contributed by atoms with Gasteiger partial charge in [-0.25, -0.2) is 19.4 Å². The molecule has 1 fully saturated rings. The van der Waals surface area contributed by atoms with E-state index >= 15 is 0 Å². The molecule has 0 spiro atoms. The predicted molar refractivity (Wildman–Crippen MR) is 127 cm³/mol. The lowest BCUT2D eigenvalue weighted by Gasteiger charge is -2.37. The number of hydrogen-bond acceptors (Lipinski definition) is 9. The maximum atomic E-state index is 12.3. The van der Waals surface area contributed by atoms with Crippen molar-refractivity contribution in [1.29, 1.82) is 5.26 Å². The number of halogens is 1. The first-order valence-corrected chi connectivity index (χ1v) is 12.6. The van der Waals surface area contributed by atoms with Gasteiger partial charge in [-0.05, 0) is 27.7 Å². The monoisotopic (exact) mass is 515 g/mol. The number of hydrogen-bond donors (Lipinski definition) is 1. The SMILES string of the molecule is COOC[C@@H]1C[C@@H](OP(OCCC#N)N(C(C)C)C(C)C)[C@H](n2cc(Cl)c3c(=O)[nH]cnc32)O1. The van der Waals surface area contributed by atoms with Gasteiger partial charge in [-0.3, -0.25) is 4.79 Å². The Kier molecular flexibility index (Phi) is 9.83. The normalized spacial score (nSPS) is 21.7. The maximum absolute atomic E-state index is 12.3. The van der Waals surface area contributed by atoms with Crippen LogP contribution in [-0.4, -0.2) is 63.8 Å². The Hall–Kier alpha value is -1.61. The summed E-state index contributed by atoms with van der Waals surface area (Å²) in [5, 5.41) is 9.52. The molecule has 0 bridgehead atoms. The first-order valence-electron chi connectivity index (χ1n) is 11.1. The number of ether oxygens (including phenoxy) is 1. The molecule has 0 radical (unpaired) electrons. The number of nitriles is 1. The van der Waals surface area contributed by atoms with E-state index in [2.05, 4.69) is 48.4 Å². The van der Waals surface area contributed by atoms with Gasteiger partial charge in [0.25, 0.3) is 14.1 Å². The Morgan fingerprint density at radius 3 is 2.79 bits per heavy atom. The third-order valence-corrected chi connectivity index (χ3v) is 7.69. The number of nitrogens with zero attached hydrogens (tertiary/aromatic N) is 4.